The highest BCUT2D eigenvalue weighted by Crippen LogP contribution is 2.39. The van der Waals surface area contributed by atoms with Crippen molar-refractivity contribution in [3.05, 3.63) is 33.6 Å². The van der Waals surface area contributed by atoms with Crippen LogP contribution in [0.5, 0.6) is 5.75 Å². The van der Waals surface area contributed by atoms with E-state index in [0.717, 1.165) is 0 Å². The van der Waals surface area contributed by atoms with E-state index in [1.165, 1.54) is 11.4 Å². The van der Waals surface area contributed by atoms with Crippen LogP contribution in [0.15, 0.2) is 27.8 Å². The lowest BCUT2D eigenvalue weighted by Crippen LogP contribution is -2.19. The maximum atomic E-state index is 11.8. The average molecular weight is 402 g/mol. The van der Waals surface area contributed by atoms with Crippen LogP contribution in [0.25, 0.3) is 0 Å². The lowest BCUT2D eigenvalue weighted by Gasteiger charge is -2.09. The summed E-state index contributed by atoms with van der Waals surface area (Å²) in [6, 6.07) is 3.92. The molecular formula is C11H7Cl3N2O4S2. The molecule has 118 valence electrons. The van der Waals surface area contributed by atoms with Gasteiger partial charge in [-0.05, 0) is 12.1 Å². The maximum Gasteiger partial charge on any atom is 0.323 e. The number of amides is 2. The molecule has 0 bridgehead atoms. The Morgan fingerprint density at radius 2 is 1.82 bits per heavy atom. The van der Waals surface area contributed by atoms with E-state index in [4.69, 9.17) is 33.9 Å². The number of anilines is 2. The molecule has 11 heteroatoms. The number of carbonyl (C=O) groups is 1. The highest BCUT2D eigenvalue weighted by Gasteiger charge is 2.22. The van der Waals surface area contributed by atoms with Crippen molar-refractivity contribution in [3.63, 3.8) is 0 Å². The zero-order valence-electron chi connectivity index (χ0n) is 10.4. The number of urea groups is 1. The molecule has 0 spiro atoms. The predicted molar refractivity (Wildman–Crippen MR) is 88.1 cm³/mol. The second-order valence-corrected chi connectivity index (χ2v) is 8.33. The second kappa shape index (κ2) is 6.51. The van der Waals surface area contributed by atoms with Crippen LogP contribution in [0.2, 0.25) is 10.0 Å². The van der Waals surface area contributed by atoms with Crippen LogP contribution < -0.4 is 10.6 Å². The number of benzene rings is 1. The molecule has 0 atom stereocenters. The summed E-state index contributed by atoms with van der Waals surface area (Å²) in [6.07, 6.45) is 0. The summed E-state index contributed by atoms with van der Waals surface area (Å²) in [5, 5.41) is 16.1. The Labute approximate surface area is 144 Å². The number of hydrogen-bond acceptors (Lipinski definition) is 5. The van der Waals surface area contributed by atoms with E-state index in [9.17, 15) is 18.3 Å². The van der Waals surface area contributed by atoms with Crippen molar-refractivity contribution < 1.29 is 18.3 Å². The van der Waals surface area contributed by atoms with Gasteiger partial charge in [-0.3, -0.25) is 0 Å². The first-order valence-corrected chi connectivity index (χ1v) is 9.41. The third-order valence-corrected chi connectivity index (χ3v) is 6.30. The van der Waals surface area contributed by atoms with Gasteiger partial charge >= 0.3 is 6.03 Å². The van der Waals surface area contributed by atoms with Crippen LogP contribution in [-0.2, 0) is 9.05 Å². The zero-order valence-corrected chi connectivity index (χ0v) is 14.3. The minimum Gasteiger partial charge on any atom is -0.504 e. The van der Waals surface area contributed by atoms with Crippen LogP contribution in [0.4, 0.5) is 16.2 Å². The number of thiophene rings is 1. The molecule has 2 rings (SSSR count). The van der Waals surface area contributed by atoms with Gasteiger partial charge in [0.15, 0.2) is 9.96 Å². The van der Waals surface area contributed by atoms with Gasteiger partial charge in [0.25, 0.3) is 9.05 Å². The first kappa shape index (κ1) is 17.2. The van der Waals surface area contributed by atoms with Crippen molar-refractivity contribution in [1.29, 1.82) is 0 Å². The van der Waals surface area contributed by atoms with E-state index < -0.39 is 25.0 Å². The fraction of sp³-hybridized carbons (Fsp3) is 0. The number of halogens is 3. The number of carbonyl (C=O) groups excluding carboxylic acids is 1. The molecule has 0 aliphatic heterocycles. The standard InChI is InChI=1S/C11H7Cl3N2O4S2/c12-5-2-1-3-6(8(5)13)15-11(18)16-7-4-21-10(9(7)17)22(14,19)20/h1-4,17H,(H2,15,16,18). The van der Waals surface area contributed by atoms with Crippen molar-refractivity contribution in [2.45, 2.75) is 4.21 Å². The molecule has 0 aliphatic carbocycles. The van der Waals surface area contributed by atoms with E-state index in [-0.39, 0.29) is 21.4 Å². The second-order valence-electron chi connectivity index (χ2n) is 3.90. The molecule has 3 N–H and O–H groups in total. The molecule has 1 aromatic carbocycles. The lowest BCUT2D eigenvalue weighted by atomic mass is 10.3. The zero-order chi connectivity index (χ0) is 16.5. The molecular weight excluding hydrogens is 395 g/mol. The van der Waals surface area contributed by atoms with Gasteiger partial charge in [-0.1, -0.05) is 29.3 Å². The highest BCUT2D eigenvalue weighted by atomic mass is 35.7. The van der Waals surface area contributed by atoms with Crippen molar-refractivity contribution in [2.24, 2.45) is 0 Å². The first-order chi connectivity index (χ1) is 10.2. The summed E-state index contributed by atoms with van der Waals surface area (Å²) >= 11 is 12.4. The lowest BCUT2D eigenvalue weighted by molar-refractivity contribution is 0.262. The topological polar surface area (TPSA) is 95.5 Å². The fourth-order valence-electron chi connectivity index (χ4n) is 1.47. The number of nitrogens with one attached hydrogen (secondary N) is 2. The van der Waals surface area contributed by atoms with E-state index in [1.54, 1.807) is 12.1 Å². The maximum absolute atomic E-state index is 11.8. The smallest absolute Gasteiger partial charge is 0.323 e. The molecule has 22 heavy (non-hydrogen) atoms. The van der Waals surface area contributed by atoms with E-state index in [1.807, 2.05) is 0 Å². The summed E-state index contributed by atoms with van der Waals surface area (Å²) in [6.45, 7) is 0. The Bertz CT molecular complexity index is 836. The van der Waals surface area contributed by atoms with E-state index in [0.29, 0.717) is 11.3 Å². The van der Waals surface area contributed by atoms with Crippen molar-refractivity contribution in [3.8, 4) is 5.75 Å². The van der Waals surface area contributed by atoms with E-state index in [2.05, 4.69) is 10.6 Å². The Morgan fingerprint density at radius 3 is 2.41 bits per heavy atom. The summed E-state index contributed by atoms with van der Waals surface area (Å²) in [4.78, 5) is 11.8. The minimum atomic E-state index is -4.09. The van der Waals surface area contributed by atoms with Gasteiger partial charge in [-0.2, -0.15) is 0 Å². The highest BCUT2D eigenvalue weighted by molar-refractivity contribution is 8.15. The molecule has 0 aliphatic rings. The quantitative estimate of drug-likeness (QED) is 0.667. The Balaban J connectivity index is 2.17. The van der Waals surface area contributed by atoms with Gasteiger partial charge < -0.3 is 15.7 Å². The molecule has 0 saturated carbocycles. The molecule has 0 saturated heterocycles. The van der Waals surface area contributed by atoms with Crippen LogP contribution in [0.1, 0.15) is 0 Å². The SMILES string of the molecule is O=C(Nc1csc(S(=O)(=O)Cl)c1O)Nc1cccc(Cl)c1Cl. The van der Waals surface area contributed by atoms with Crippen LogP contribution in [-0.4, -0.2) is 19.6 Å². The summed E-state index contributed by atoms with van der Waals surface area (Å²) in [5.74, 6) is -0.632. The van der Waals surface area contributed by atoms with Gasteiger partial charge in [0.05, 0.1) is 21.4 Å². The largest absolute Gasteiger partial charge is 0.504 e. The normalized spacial score (nSPS) is 11.2. The first-order valence-electron chi connectivity index (χ1n) is 5.47. The van der Waals surface area contributed by atoms with Gasteiger partial charge in [0.2, 0.25) is 0 Å². The molecule has 0 radical (unpaired) electrons. The Hall–Kier alpha value is -1.19. The Kier molecular flexibility index (Phi) is 5.08. The minimum absolute atomic E-state index is 0.0973. The number of hydrogen-bond donors (Lipinski definition) is 3. The van der Waals surface area contributed by atoms with Crippen LogP contribution in [0, 0.1) is 0 Å². The fourth-order valence-corrected chi connectivity index (χ4v) is 3.93. The molecule has 0 unspecified atom stereocenters. The van der Waals surface area contributed by atoms with Gasteiger partial charge in [0.1, 0.15) is 0 Å². The monoisotopic (exact) mass is 400 g/mol. The molecule has 1 heterocycles. The van der Waals surface area contributed by atoms with Gasteiger partial charge in [-0.15, -0.1) is 11.3 Å². The molecule has 0 fully saturated rings. The van der Waals surface area contributed by atoms with Crippen molar-refractivity contribution >= 4 is 71.7 Å². The summed E-state index contributed by atoms with van der Waals surface area (Å²) < 4.78 is 21.9. The van der Waals surface area contributed by atoms with E-state index >= 15 is 0 Å². The molecule has 2 amide bonds. The molecule has 1 aromatic heterocycles. The third-order valence-electron chi connectivity index (χ3n) is 2.40. The van der Waals surface area contributed by atoms with Crippen molar-refractivity contribution in [2.75, 3.05) is 10.6 Å². The third kappa shape index (κ3) is 3.76. The summed E-state index contributed by atoms with van der Waals surface area (Å²) in [5.41, 5.74) is 0.159. The van der Waals surface area contributed by atoms with Crippen LogP contribution >= 0.6 is 45.2 Å². The Morgan fingerprint density at radius 1 is 1.18 bits per heavy atom. The van der Waals surface area contributed by atoms with Gasteiger partial charge in [0, 0.05) is 16.1 Å². The number of aromatic hydroxyl groups is 1. The molecule has 6 nitrogen and oxygen atoms in total. The van der Waals surface area contributed by atoms with Gasteiger partial charge in [-0.25, -0.2) is 13.2 Å². The number of rotatable bonds is 3. The van der Waals surface area contributed by atoms with Crippen LogP contribution in [0.3, 0.4) is 0 Å². The molecule has 2 aromatic rings. The predicted octanol–water partition coefficient (Wildman–Crippen LogP) is 4.33. The average Bonchev–Trinajstić information content (AvgIpc) is 2.76. The summed E-state index contributed by atoms with van der Waals surface area (Å²) in [7, 11) is 1.05. The van der Waals surface area contributed by atoms with Crippen molar-refractivity contribution in [1.82, 2.24) is 0 Å².